The Morgan fingerprint density at radius 2 is 1.95 bits per heavy atom. The number of benzene rings is 1. The van der Waals surface area contributed by atoms with Gasteiger partial charge in [0.15, 0.2) is 0 Å². The Morgan fingerprint density at radius 3 is 2.67 bits per heavy atom. The van der Waals surface area contributed by atoms with Gasteiger partial charge < -0.3 is 11.1 Å². The molecule has 5 heteroatoms. The van der Waals surface area contributed by atoms with Crippen LogP contribution in [0.1, 0.15) is 48.2 Å². The third kappa shape index (κ3) is 3.16. The van der Waals surface area contributed by atoms with Crippen LogP contribution in [0.15, 0.2) is 18.2 Å². The predicted molar refractivity (Wildman–Crippen MR) is 90.2 cm³/mol. The topological polar surface area (TPSA) is 55.1 Å². The maximum Gasteiger partial charge on any atom is 0.263 e. The first-order valence-electron chi connectivity index (χ1n) is 7.43. The average Bonchev–Trinajstić information content (AvgIpc) is 2.64. The molecule has 1 saturated carbocycles. The lowest BCUT2D eigenvalue weighted by atomic mass is 10.1. The highest BCUT2D eigenvalue weighted by molar-refractivity contribution is 7.21. The molecule has 1 aromatic heterocycles. The molecule has 1 heterocycles. The summed E-state index contributed by atoms with van der Waals surface area (Å²) in [5, 5.41) is 4.73. The number of carbonyl (C=O) groups excluding carboxylic acids is 1. The third-order valence-electron chi connectivity index (χ3n) is 4.09. The SMILES string of the molecule is Nc1c(C(=O)NC2CCCCCC2)sc2cc(Cl)ccc12. The lowest BCUT2D eigenvalue weighted by Gasteiger charge is -2.15. The fourth-order valence-corrected chi connectivity index (χ4v) is 4.24. The van der Waals surface area contributed by atoms with E-state index in [-0.39, 0.29) is 11.9 Å². The lowest BCUT2D eigenvalue weighted by molar-refractivity contribution is 0.0938. The maximum atomic E-state index is 12.5. The summed E-state index contributed by atoms with van der Waals surface area (Å²) >= 11 is 7.42. The molecule has 0 bridgehead atoms. The van der Waals surface area contributed by atoms with Gasteiger partial charge >= 0.3 is 0 Å². The number of nitrogen functional groups attached to an aromatic ring is 1. The first-order chi connectivity index (χ1) is 10.1. The highest BCUT2D eigenvalue weighted by atomic mass is 35.5. The molecule has 2 aromatic rings. The highest BCUT2D eigenvalue weighted by Crippen LogP contribution is 2.35. The first-order valence-corrected chi connectivity index (χ1v) is 8.63. The Kier molecular flexibility index (Phi) is 4.36. The monoisotopic (exact) mass is 322 g/mol. The normalized spacial score (nSPS) is 16.8. The van der Waals surface area contributed by atoms with Crippen LogP contribution in [0.3, 0.4) is 0 Å². The molecular formula is C16H19ClN2OS. The molecule has 1 aliphatic rings. The van der Waals surface area contributed by atoms with E-state index in [1.165, 1.54) is 37.0 Å². The van der Waals surface area contributed by atoms with E-state index in [1.54, 1.807) is 6.07 Å². The molecule has 1 amide bonds. The van der Waals surface area contributed by atoms with Gasteiger partial charge in [0.2, 0.25) is 0 Å². The number of thiophene rings is 1. The summed E-state index contributed by atoms with van der Waals surface area (Å²) in [5.41, 5.74) is 6.70. The van der Waals surface area contributed by atoms with E-state index in [0.29, 0.717) is 15.6 Å². The second-order valence-corrected chi connectivity index (χ2v) is 7.14. The standard InChI is InChI=1S/C16H19ClN2OS/c17-10-7-8-12-13(9-10)21-15(14(12)18)16(20)19-11-5-3-1-2-4-6-11/h7-9,11H,1-6,18H2,(H,19,20). The second kappa shape index (κ2) is 6.24. The maximum absolute atomic E-state index is 12.5. The summed E-state index contributed by atoms with van der Waals surface area (Å²) < 4.78 is 0.964. The number of amides is 1. The summed E-state index contributed by atoms with van der Waals surface area (Å²) in [6.07, 6.45) is 7.08. The molecule has 0 saturated heterocycles. The molecule has 1 fully saturated rings. The van der Waals surface area contributed by atoms with E-state index in [4.69, 9.17) is 17.3 Å². The van der Waals surface area contributed by atoms with Crippen LogP contribution < -0.4 is 11.1 Å². The minimum atomic E-state index is -0.0447. The second-order valence-electron chi connectivity index (χ2n) is 5.65. The van der Waals surface area contributed by atoms with Gasteiger partial charge in [-0.3, -0.25) is 4.79 Å². The number of hydrogen-bond donors (Lipinski definition) is 2. The van der Waals surface area contributed by atoms with Crippen molar-refractivity contribution in [3.05, 3.63) is 28.1 Å². The Hall–Kier alpha value is -1.26. The van der Waals surface area contributed by atoms with Crippen LogP contribution >= 0.6 is 22.9 Å². The summed E-state index contributed by atoms with van der Waals surface area (Å²) in [6, 6.07) is 5.83. The highest BCUT2D eigenvalue weighted by Gasteiger charge is 2.20. The predicted octanol–water partition coefficient (Wildman–Crippen LogP) is 4.59. The molecule has 0 spiro atoms. The number of rotatable bonds is 2. The van der Waals surface area contributed by atoms with E-state index in [1.807, 2.05) is 12.1 Å². The van der Waals surface area contributed by atoms with Crippen LogP contribution in [0.25, 0.3) is 10.1 Å². The van der Waals surface area contributed by atoms with E-state index in [0.717, 1.165) is 22.9 Å². The zero-order chi connectivity index (χ0) is 14.8. The number of hydrogen-bond acceptors (Lipinski definition) is 3. The van der Waals surface area contributed by atoms with Crippen molar-refractivity contribution >= 4 is 44.6 Å². The Morgan fingerprint density at radius 1 is 1.24 bits per heavy atom. The van der Waals surface area contributed by atoms with Crippen molar-refractivity contribution < 1.29 is 4.79 Å². The van der Waals surface area contributed by atoms with Crippen LogP contribution in [0, 0.1) is 0 Å². The van der Waals surface area contributed by atoms with E-state index < -0.39 is 0 Å². The van der Waals surface area contributed by atoms with Crippen LogP contribution in [0.2, 0.25) is 5.02 Å². The van der Waals surface area contributed by atoms with Crippen molar-refractivity contribution in [2.45, 2.75) is 44.6 Å². The molecule has 0 aliphatic heterocycles. The van der Waals surface area contributed by atoms with E-state index in [9.17, 15) is 4.79 Å². The number of halogens is 1. The quantitative estimate of drug-likeness (QED) is 0.794. The summed E-state index contributed by atoms with van der Waals surface area (Å²) in [6.45, 7) is 0. The zero-order valence-corrected chi connectivity index (χ0v) is 13.4. The van der Waals surface area contributed by atoms with Gasteiger partial charge in [-0.05, 0) is 31.0 Å². The van der Waals surface area contributed by atoms with Gasteiger partial charge in [0, 0.05) is 21.2 Å². The van der Waals surface area contributed by atoms with Crippen molar-refractivity contribution in [2.24, 2.45) is 0 Å². The number of anilines is 1. The molecule has 3 N–H and O–H groups in total. The Balaban J connectivity index is 1.82. The molecule has 3 rings (SSSR count). The van der Waals surface area contributed by atoms with E-state index >= 15 is 0 Å². The van der Waals surface area contributed by atoms with Crippen LogP contribution in [0.4, 0.5) is 5.69 Å². The summed E-state index contributed by atoms with van der Waals surface area (Å²) in [4.78, 5) is 13.1. The fraction of sp³-hybridized carbons (Fsp3) is 0.438. The smallest absolute Gasteiger partial charge is 0.263 e. The van der Waals surface area contributed by atoms with Crippen molar-refractivity contribution in [1.82, 2.24) is 5.32 Å². The van der Waals surface area contributed by atoms with Crippen molar-refractivity contribution in [3.8, 4) is 0 Å². The Bertz CT molecular complexity index is 660. The number of nitrogens with one attached hydrogen (secondary N) is 1. The van der Waals surface area contributed by atoms with Gasteiger partial charge in [0.25, 0.3) is 5.91 Å². The molecule has 112 valence electrons. The molecule has 1 aromatic carbocycles. The van der Waals surface area contributed by atoms with Crippen LogP contribution in [-0.2, 0) is 0 Å². The third-order valence-corrected chi connectivity index (χ3v) is 5.49. The zero-order valence-electron chi connectivity index (χ0n) is 11.8. The van der Waals surface area contributed by atoms with Gasteiger partial charge in [-0.15, -0.1) is 11.3 Å². The molecule has 0 radical (unpaired) electrons. The van der Waals surface area contributed by atoms with Crippen molar-refractivity contribution in [3.63, 3.8) is 0 Å². The Labute approximate surface area is 133 Å². The number of carbonyl (C=O) groups is 1. The van der Waals surface area contributed by atoms with Gasteiger partial charge in [-0.25, -0.2) is 0 Å². The van der Waals surface area contributed by atoms with Gasteiger partial charge in [0.05, 0.1) is 5.69 Å². The number of nitrogens with two attached hydrogens (primary N) is 1. The molecular weight excluding hydrogens is 304 g/mol. The minimum Gasteiger partial charge on any atom is -0.397 e. The first kappa shape index (κ1) is 14.7. The van der Waals surface area contributed by atoms with Crippen LogP contribution in [-0.4, -0.2) is 11.9 Å². The fourth-order valence-electron chi connectivity index (χ4n) is 2.93. The van der Waals surface area contributed by atoms with Crippen molar-refractivity contribution in [2.75, 3.05) is 5.73 Å². The summed E-state index contributed by atoms with van der Waals surface area (Å²) in [7, 11) is 0. The van der Waals surface area contributed by atoms with Crippen LogP contribution in [0.5, 0.6) is 0 Å². The van der Waals surface area contributed by atoms with E-state index in [2.05, 4.69) is 5.32 Å². The van der Waals surface area contributed by atoms with Gasteiger partial charge in [0.1, 0.15) is 4.88 Å². The molecule has 0 atom stereocenters. The van der Waals surface area contributed by atoms with Gasteiger partial charge in [-0.2, -0.15) is 0 Å². The average molecular weight is 323 g/mol. The minimum absolute atomic E-state index is 0.0447. The molecule has 3 nitrogen and oxygen atoms in total. The molecule has 1 aliphatic carbocycles. The lowest BCUT2D eigenvalue weighted by Crippen LogP contribution is -2.34. The largest absolute Gasteiger partial charge is 0.397 e. The molecule has 0 unspecified atom stereocenters. The van der Waals surface area contributed by atoms with Gasteiger partial charge in [-0.1, -0.05) is 37.3 Å². The summed E-state index contributed by atoms with van der Waals surface area (Å²) in [5.74, 6) is -0.0447. The van der Waals surface area contributed by atoms with Crippen molar-refractivity contribution in [1.29, 1.82) is 0 Å². The number of fused-ring (bicyclic) bond motifs is 1. The molecule has 21 heavy (non-hydrogen) atoms.